The van der Waals surface area contributed by atoms with E-state index in [2.05, 4.69) is 77.9 Å². The second kappa shape index (κ2) is 8.86. The first-order chi connectivity index (χ1) is 18.0. The Labute approximate surface area is 223 Å². The van der Waals surface area contributed by atoms with E-state index in [1.165, 1.54) is 11.1 Å². The summed E-state index contributed by atoms with van der Waals surface area (Å²) in [6, 6.07) is 27.5. The van der Waals surface area contributed by atoms with Crippen LogP contribution in [0.25, 0.3) is 38.6 Å². The van der Waals surface area contributed by atoms with Gasteiger partial charge in [0, 0.05) is 16.3 Å². The van der Waals surface area contributed by atoms with E-state index in [4.69, 9.17) is 0 Å². The molecule has 4 heteroatoms. The lowest BCUT2D eigenvalue weighted by Gasteiger charge is -2.19. The average molecular weight is 500 g/mol. The predicted molar refractivity (Wildman–Crippen MR) is 153 cm³/mol. The van der Waals surface area contributed by atoms with Gasteiger partial charge in [-0.2, -0.15) is 10.5 Å². The number of nitrogens with zero attached hydrogens (tertiary/aromatic N) is 3. The minimum atomic E-state index is -0.625. The lowest BCUT2D eigenvalue weighted by atomic mass is 9.85. The van der Waals surface area contributed by atoms with Crippen LogP contribution in [0.3, 0.4) is 0 Å². The van der Waals surface area contributed by atoms with E-state index >= 15 is 4.39 Å². The highest BCUT2D eigenvalue weighted by Gasteiger charge is 2.26. The van der Waals surface area contributed by atoms with E-state index in [-0.39, 0.29) is 33.2 Å². The fourth-order valence-corrected chi connectivity index (χ4v) is 5.09. The highest BCUT2D eigenvalue weighted by atomic mass is 19.1. The summed E-state index contributed by atoms with van der Waals surface area (Å²) in [5.41, 5.74) is 5.14. The minimum Gasteiger partial charge on any atom is -0.307 e. The SMILES string of the molecule is CC(C)(C)c1ccc2c(c1)c1cc(C(C)(C)C)ccc1n2-c1c(C#N)cc(-c2ccccc2)c(F)c1C#N. The van der Waals surface area contributed by atoms with E-state index < -0.39 is 5.82 Å². The Kier molecular flexibility index (Phi) is 5.89. The minimum absolute atomic E-state index is 0.0662. The Morgan fingerprint density at radius 3 is 1.66 bits per heavy atom. The summed E-state index contributed by atoms with van der Waals surface area (Å²) in [7, 11) is 0. The standard InChI is InChI=1S/C34H30FN3/c1-33(2,3)23-12-14-29-26(17-23)27-18-24(34(4,5)6)13-15-30(27)38(29)32-22(19-36)16-25(31(35)28(32)20-37)21-10-8-7-9-11-21/h7-18H,1-6H3. The summed E-state index contributed by atoms with van der Waals surface area (Å²) >= 11 is 0. The maximum absolute atomic E-state index is 16.0. The fraction of sp³-hybridized carbons (Fsp3) is 0.235. The third-order valence-corrected chi connectivity index (χ3v) is 7.27. The summed E-state index contributed by atoms with van der Waals surface area (Å²) in [5, 5.41) is 22.5. The van der Waals surface area contributed by atoms with E-state index in [0.717, 1.165) is 21.8 Å². The molecule has 3 nitrogen and oxygen atoms in total. The van der Waals surface area contributed by atoms with Crippen LogP contribution in [-0.4, -0.2) is 4.57 Å². The van der Waals surface area contributed by atoms with Crippen molar-refractivity contribution in [3.8, 4) is 29.0 Å². The first-order valence-electron chi connectivity index (χ1n) is 12.8. The van der Waals surface area contributed by atoms with Gasteiger partial charge in [0.1, 0.15) is 17.7 Å². The number of fused-ring (bicyclic) bond motifs is 3. The molecule has 5 rings (SSSR count). The molecule has 0 bridgehead atoms. The first kappa shape index (κ1) is 25.2. The zero-order valence-electron chi connectivity index (χ0n) is 22.6. The maximum atomic E-state index is 16.0. The Morgan fingerprint density at radius 2 is 1.21 bits per heavy atom. The Balaban J connectivity index is 1.94. The van der Waals surface area contributed by atoms with Gasteiger partial charge < -0.3 is 4.57 Å². The zero-order chi connectivity index (χ0) is 27.4. The molecule has 0 N–H and O–H groups in total. The van der Waals surface area contributed by atoms with Crippen LogP contribution in [0, 0.1) is 28.5 Å². The van der Waals surface area contributed by atoms with Gasteiger partial charge in [-0.3, -0.25) is 0 Å². The molecule has 1 aromatic heterocycles. The number of halogens is 1. The molecule has 0 saturated carbocycles. The molecule has 188 valence electrons. The molecule has 0 unspecified atom stereocenters. The topological polar surface area (TPSA) is 52.5 Å². The predicted octanol–water partition coefficient (Wildman–Crippen LogP) is 8.93. The van der Waals surface area contributed by atoms with E-state index in [1.54, 1.807) is 18.2 Å². The number of benzene rings is 4. The Hall–Kier alpha value is -4.41. The van der Waals surface area contributed by atoms with E-state index in [1.807, 2.05) is 34.9 Å². The normalized spacial score (nSPS) is 12.0. The van der Waals surface area contributed by atoms with Crippen LogP contribution >= 0.6 is 0 Å². The van der Waals surface area contributed by atoms with Crippen LogP contribution in [-0.2, 0) is 10.8 Å². The molecule has 38 heavy (non-hydrogen) atoms. The molecule has 0 spiro atoms. The molecule has 4 aromatic carbocycles. The van der Waals surface area contributed by atoms with Crippen LogP contribution in [0.5, 0.6) is 0 Å². The molecular formula is C34H30FN3. The van der Waals surface area contributed by atoms with Crippen LogP contribution < -0.4 is 0 Å². The zero-order valence-corrected chi connectivity index (χ0v) is 22.6. The first-order valence-corrected chi connectivity index (χ1v) is 12.8. The molecule has 0 saturated heterocycles. The highest BCUT2D eigenvalue weighted by molar-refractivity contribution is 6.10. The van der Waals surface area contributed by atoms with Crippen molar-refractivity contribution in [2.75, 3.05) is 0 Å². The molecule has 0 fully saturated rings. The van der Waals surface area contributed by atoms with E-state index in [0.29, 0.717) is 5.56 Å². The number of hydrogen-bond donors (Lipinski definition) is 0. The van der Waals surface area contributed by atoms with Crippen molar-refractivity contribution in [2.45, 2.75) is 52.4 Å². The summed E-state index contributed by atoms with van der Waals surface area (Å²) < 4.78 is 17.9. The molecule has 0 aliphatic heterocycles. The molecule has 1 heterocycles. The van der Waals surface area contributed by atoms with Gasteiger partial charge in [-0.25, -0.2) is 4.39 Å². The van der Waals surface area contributed by atoms with Gasteiger partial charge in [0.15, 0.2) is 5.82 Å². The van der Waals surface area contributed by atoms with Crippen molar-refractivity contribution in [1.82, 2.24) is 4.57 Å². The third kappa shape index (κ3) is 4.04. The smallest absolute Gasteiger partial charge is 0.151 e. The number of nitriles is 2. The molecule has 5 aromatic rings. The Morgan fingerprint density at radius 1 is 0.684 bits per heavy atom. The second-order valence-corrected chi connectivity index (χ2v) is 11.9. The molecular weight excluding hydrogens is 469 g/mol. The van der Waals surface area contributed by atoms with Crippen LogP contribution in [0.15, 0.2) is 72.8 Å². The summed E-state index contributed by atoms with van der Waals surface area (Å²) in [6.07, 6.45) is 0. The molecule has 0 aliphatic rings. The monoisotopic (exact) mass is 499 g/mol. The fourth-order valence-electron chi connectivity index (χ4n) is 5.09. The van der Waals surface area contributed by atoms with Crippen LogP contribution in [0.2, 0.25) is 0 Å². The van der Waals surface area contributed by atoms with Crippen molar-refractivity contribution in [3.05, 3.63) is 101 Å². The van der Waals surface area contributed by atoms with Crippen LogP contribution in [0.1, 0.15) is 63.8 Å². The molecule has 0 atom stereocenters. The van der Waals surface area contributed by atoms with Gasteiger partial charge in [-0.1, -0.05) is 84.0 Å². The van der Waals surface area contributed by atoms with Crippen molar-refractivity contribution < 1.29 is 4.39 Å². The van der Waals surface area contributed by atoms with Crippen molar-refractivity contribution in [2.24, 2.45) is 0 Å². The van der Waals surface area contributed by atoms with Crippen molar-refractivity contribution in [3.63, 3.8) is 0 Å². The lowest BCUT2D eigenvalue weighted by molar-refractivity contribution is 0.590. The molecule has 0 radical (unpaired) electrons. The van der Waals surface area contributed by atoms with Gasteiger partial charge in [-0.05, 0) is 57.9 Å². The van der Waals surface area contributed by atoms with Gasteiger partial charge in [0.05, 0.1) is 22.3 Å². The van der Waals surface area contributed by atoms with Crippen molar-refractivity contribution >= 4 is 21.8 Å². The Bertz CT molecular complexity index is 1730. The lowest BCUT2D eigenvalue weighted by Crippen LogP contribution is -2.10. The average Bonchev–Trinajstić information content (AvgIpc) is 3.20. The molecule has 0 amide bonds. The third-order valence-electron chi connectivity index (χ3n) is 7.27. The quantitative estimate of drug-likeness (QED) is 0.243. The van der Waals surface area contributed by atoms with Gasteiger partial charge >= 0.3 is 0 Å². The van der Waals surface area contributed by atoms with Gasteiger partial charge in [0.25, 0.3) is 0 Å². The highest BCUT2D eigenvalue weighted by Crippen LogP contribution is 2.40. The summed E-state index contributed by atoms with van der Waals surface area (Å²) in [4.78, 5) is 0. The number of aromatic nitrogens is 1. The summed E-state index contributed by atoms with van der Waals surface area (Å²) in [6.45, 7) is 13.0. The van der Waals surface area contributed by atoms with Crippen molar-refractivity contribution in [1.29, 1.82) is 10.5 Å². The van der Waals surface area contributed by atoms with Gasteiger partial charge in [0.2, 0.25) is 0 Å². The summed E-state index contributed by atoms with van der Waals surface area (Å²) in [5.74, 6) is -0.625. The maximum Gasteiger partial charge on any atom is 0.151 e. The second-order valence-electron chi connectivity index (χ2n) is 11.9. The largest absolute Gasteiger partial charge is 0.307 e. The van der Waals surface area contributed by atoms with Crippen LogP contribution in [0.4, 0.5) is 4.39 Å². The molecule has 0 aliphatic carbocycles. The van der Waals surface area contributed by atoms with Gasteiger partial charge in [-0.15, -0.1) is 0 Å². The van der Waals surface area contributed by atoms with E-state index in [9.17, 15) is 10.5 Å². The number of hydrogen-bond acceptors (Lipinski definition) is 2. The number of rotatable bonds is 2.